The van der Waals surface area contributed by atoms with Gasteiger partial charge in [-0.25, -0.2) is 19.2 Å². The van der Waals surface area contributed by atoms with Gasteiger partial charge in [-0.2, -0.15) is 0 Å². The Kier molecular flexibility index (Phi) is 10.9. The summed E-state index contributed by atoms with van der Waals surface area (Å²) in [6.07, 6.45) is 16.2. The van der Waals surface area contributed by atoms with Crippen LogP contribution in [0.3, 0.4) is 0 Å². The number of aryl methyl sites for hydroxylation is 2. The maximum atomic E-state index is 14.3. The van der Waals surface area contributed by atoms with Crippen molar-refractivity contribution in [1.82, 2.24) is 9.97 Å². The van der Waals surface area contributed by atoms with E-state index in [-0.39, 0.29) is 11.6 Å². The van der Waals surface area contributed by atoms with Gasteiger partial charge >= 0.3 is 5.97 Å². The lowest BCUT2D eigenvalue weighted by Gasteiger charge is -2.08. The summed E-state index contributed by atoms with van der Waals surface area (Å²) in [4.78, 5) is 21.5. The fraction of sp³-hybridized carbons (Fsp3) is 0.433. The maximum absolute atomic E-state index is 14.3. The number of aromatic nitrogens is 2. The number of carbonyl (C=O) groups is 1. The normalized spacial score (nSPS) is 10.9. The summed E-state index contributed by atoms with van der Waals surface area (Å²) in [5.41, 5.74) is 3.02. The first kappa shape index (κ1) is 26.5. The summed E-state index contributed by atoms with van der Waals surface area (Å²) in [6, 6.07) is 11.6. The van der Waals surface area contributed by atoms with Crippen LogP contribution in [0.1, 0.15) is 93.1 Å². The minimum atomic E-state index is -0.523. The summed E-state index contributed by atoms with van der Waals surface area (Å²) in [7, 11) is 0. The van der Waals surface area contributed by atoms with Crippen LogP contribution in [0.2, 0.25) is 0 Å². The second-order valence-electron chi connectivity index (χ2n) is 9.11. The van der Waals surface area contributed by atoms with Gasteiger partial charge < -0.3 is 4.74 Å². The van der Waals surface area contributed by atoms with Crippen molar-refractivity contribution in [2.24, 2.45) is 0 Å². The van der Waals surface area contributed by atoms with Crippen molar-refractivity contribution in [3.63, 3.8) is 0 Å². The molecule has 0 radical (unpaired) electrons. The van der Waals surface area contributed by atoms with E-state index in [1.807, 2.05) is 12.4 Å². The lowest BCUT2D eigenvalue weighted by molar-refractivity contribution is 0.0734. The van der Waals surface area contributed by atoms with Crippen molar-refractivity contribution in [2.75, 3.05) is 0 Å². The van der Waals surface area contributed by atoms with Gasteiger partial charge in [-0.1, -0.05) is 77.0 Å². The number of hydrogen-bond acceptors (Lipinski definition) is 4. The fourth-order valence-corrected chi connectivity index (χ4v) is 4.02. The highest BCUT2D eigenvalue weighted by Gasteiger charge is 2.12. The van der Waals surface area contributed by atoms with E-state index in [0.29, 0.717) is 23.4 Å². The van der Waals surface area contributed by atoms with Crippen molar-refractivity contribution >= 4 is 5.97 Å². The molecule has 1 aromatic heterocycles. The number of ether oxygens (including phenoxy) is 1. The van der Waals surface area contributed by atoms with Crippen LogP contribution in [0, 0.1) is 5.82 Å². The van der Waals surface area contributed by atoms with Gasteiger partial charge in [0.05, 0.1) is 5.56 Å². The predicted molar refractivity (Wildman–Crippen MR) is 139 cm³/mol. The summed E-state index contributed by atoms with van der Waals surface area (Å²) in [5, 5.41) is 0. The average Bonchev–Trinajstić information content (AvgIpc) is 2.88. The van der Waals surface area contributed by atoms with Crippen LogP contribution in [0.5, 0.6) is 5.75 Å². The molecule has 0 unspecified atom stereocenters. The molecular formula is C30H37FN2O2. The molecule has 186 valence electrons. The molecule has 1 heterocycles. The number of nitrogens with zero attached hydrogens (tertiary/aromatic N) is 2. The highest BCUT2D eigenvalue weighted by Crippen LogP contribution is 2.21. The van der Waals surface area contributed by atoms with Crippen LogP contribution in [-0.2, 0) is 12.8 Å². The number of carbonyl (C=O) groups excluding carboxylic acids is 1. The first-order valence-electron chi connectivity index (χ1n) is 13.0. The Bertz CT molecular complexity index is 1050. The van der Waals surface area contributed by atoms with Gasteiger partial charge in [0.1, 0.15) is 11.6 Å². The number of benzene rings is 2. The van der Waals surface area contributed by atoms with Gasteiger partial charge in [-0.3, -0.25) is 0 Å². The van der Waals surface area contributed by atoms with E-state index in [0.717, 1.165) is 43.2 Å². The molecule has 35 heavy (non-hydrogen) atoms. The fourth-order valence-electron chi connectivity index (χ4n) is 4.02. The second-order valence-corrected chi connectivity index (χ2v) is 9.11. The van der Waals surface area contributed by atoms with Gasteiger partial charge in [0, 0.05) is 24.0 Å². The Balaban J connectivity index is 1.52. The molecule has 0 bridgehead atoms. The third-order valence-corrected chi connectivity index (χ3v) is 6.19. The Labute approximate surface area is 209 Å². The van der Waals surface area contributed by atoms with Crippen LogP contribution in [0.25, 0.3) is 11.4 Å². The second kappa shape index (κ2) is 14.3. The standard InChI is InChI=1S/C30H37FN2O2/c1-3-5-7-8-9-11-12-23-21-32-29(33-22-23)25-14-16-26(17-15-25)30(34)35-27-19-18-24(28(31)20-27)13-10-6-4-2/h14-22H,3-13H2,1-2H3. The van der Waals surface area contributed by atoms with Crippen LogP contribution in [0.15, 0.2) is 54.9 Å². The Morgan fingerprint density at radius 2 is 1.43 bits per heavy atom. The van der Waals surface area contributed by atoms with Crippen molar-refractivity contribution < 1.29 is 13.9 Å². The average molecular weight is 477 g/mol. The van der Waals surface area contributed by atoms with Crippen LogP contribution >= 0.6 is 0 Å². The quantitative estimate of drug-likeness (QED) is 0.134. The summed E-state index contributed by atoms with van der Waals surface area (Å²) >= 11 is 0. The zero-order valence-corrected chi connectivity index (χ0v) is 21.1. The van der Waals surface area contributed by atoms with Gasteiger partial charge in [0.15, 0.2) is 5.82 Å². The highest BCUT2D eigenvalue weighted by atomic mass is 19.1. The van der Waals surface area contributed by atoms with Gasteiger partial charge in [-0.15, -0.1) is 0 Å². The minimum absolute atomic E-state index is 0.208. The molecule has 0 fully saturated rings. The lowest BCUT2D eigenvalue weighted by atomic mass is 10.1. The predicted octanol–water partition coefficient (Wildman–Crippen LogP) is 8.14. The van der Waals surface area contributed by atoms with E-state index in [4.69, 9.17) is 4.74 Å². The van der Waals surface area contributed by atoms with Crippen molar-refractivity contribution in [2.45, 2.75) is 84.5 Å². The molecule has 0 aliphatic heterocycles. The third kappa shape index (κ3) is 8.57. The molecule has 5 heteroatoms. The van der Waals surface area contributed by atoms with Gasteiger partial charge in [-0.05, 0) is 55.0 Å². The molecule has 3 rings (SSSR count). The number of hydrogen-bond donors (Lipinski definition) is 0. The number of unbranched alkanes of at least 4 members (excludes halogenated alkanes) is 7. The van der Waals surface area contributed by atoms with E-state index >= 15 is 0 Å². The number of halogens is 1. The van der Waals surface area contributed by atoms with E-state index in [1.165, 1.54) is 38.2 Å². The molecule has 0 aliphatic carbocycles. The van der Waals surface area contributed by atoms with E-state index in [1.54, 1.807) is 36.4 Å². The number of esters is 1. The molecule has 4 nitrogen and oxygen atoms in total. The van der Waals surface area contributed by atoms with E-state index in [9.17, 15) is 9.18 Å². The number of rotatable bonds is 14. The molecule has 0 atom stereocenters. The summed E-state index contributed by atoms with van der Waals surface area (Å²) in [6.45, 7) is 4.35. The molecule has 0 saturated heterocycles. The Morgan fingerprint density at radius 3 is 2.11 bits per heavy atom. The first-order valence-corrected chi connectivity index (χ1v) is 13.0. The molecule has 0 aliphatic rings. The Morgan fingerprint density at radius 1 is 0.800 bits per heavy atom. The maximum Gasteiger partial charge on any atom is 0.343 e. The molecule has 0 amide bonds. The van der Waals surface area contributed by atoms with Crippen LogP contribution < -0.4 is 4.74 Å². The van der Waals surface area contributed by atoms with Crippen LogP contribution in [0.4, 0.5) is 4.39 Å². The van der Waals surface area contributed by atoms with E-state index < -0.39 is 5.97 Å². The highest BCUT2D eigenvalue weighted by molar-refractivity contribution is 5.91. The Hall–Kier alpha value is -3.08. The summed E-state index contributed by atoms with van der Waals surface area (Å²) < 4.78 is 19.7. The molecule has 0 spiro atoms. The molecular weight excluding hydrogens is 439 g/mol. The molecule has 3 aromatic rings. The molecule has 2 aromatic carbocycles. The lowest BCUT2D eigenvalue weighted by Crippen LogP contribution is -2.09. The van der Waals surface area contributed by atoms with Gasteiger partial charge in [0.25, 0.3) is 0 Å². The smallest absolute Gasteiger partial charge is 0.343 e. The van der Waals surface area contributed by atoms with Crippen molar-refractivity contribution in [3.8, 4) is 17.1 Å². The topological polar surface area (TPSA) is 52.1 Å². The molecule has 0 N–H and O–H groups in total. The summed E-state index contributed by atoms with van der Waals surface area (Å²) in [5.74, 6) is -0.0267. The van der Waals surface area contributed by atoms with Crippen molar-refractivity contribution in [1.29, 1.82) is 0 Å². The zero-order chi connectivity index (χ0) is 24.9. The van der Waals surface area contributed by atoms with Crippen LogP contribution in [-0.4, -0.2) is 15.9 Å². The zero-order valence-electron chi connectivity index (χ0n) is 21.1. The molecule has 0 saturated carbocycles. The van der Waals surface area contributed by atoms with Gasteiger partial charge in [0.2, 0.25) is 0 Å². The van der Waals surface area contributed by atoms with Crippen molar-refractivity contribution in [3.05, 3.63) is 77.4 Å². The monoisotopic (exact) mass is 476 g/mol. The SMILES string of the molecule is CCCCCCCCc1cnc(-c2ccc(C(=O)Oc3ccc(CCCCC)c(F)c3)cc2)nc1. The third-order valence-electron chi connectivity index (χ3n) is 6.19. The largest absolute Gasteiger partial charge is 0.423 e. The minimum Gasteiger partial charge on any atom is -0.423 e. The van der Waals surface area contributed by atoms with E-state index in [2.05, 4.69) is 23.8 Å². The first-order chi connectivity index (χ1) is 17.1.